The molecule has 33 heavy (non-hydrogen) atoms. The highest BCUT2D eigenvalue weighted by Crippen LogP contribution is 2.23. The summed E-state index contributed by atoms with van der Waals surface area (Å²) in [5.41, 5.74) is 8.36. The molecule has 0 saturated carbocycles. The molecule has 4 aromatic rings. The van der Waals surface area contributed by atoms with Gasteiger partial charge in [0.05, 0.1) is 0 Å². The maximum atomic E-state index is 2.36. The van der Waals surface area contributed by atoms with E-state index in [1.54, 1.807) is 0 Å². The molecule has 0 nitrogen and oxygen atoms in total. The van der Waals surface area contributed by atoms with E-state index in [0.29, 0.717) is 0 Å². The molecule has 0 amide bonds. The molecule has 0 unspecified atom stereocenters. The highest BCUT2D eigenvalue weighted by Gasteiger charge is 2.32. The van der Waals surface area contributed by atoms with Crippen LogP contribution in [0.4, 0.5) is 0 Å². The van der Waals surface area contributed by atoms with Crippen LogP contribution in [0, 0.1) is 0 Å². The van der Waals surface area contributed by atoms with E-state index in [1.165, 1.54) is 33.0 Å². The van der Waals surface area contributed by atoms with Crippen molar-refractivity contribution in [1.29, 1.82) is 0 Å². The van der Waals surface area contributed by atoms with Gasteiger partial charge in [-0.05, 0) is 22.0 Å². The minimum absolute atomic E-state index is 0.127. The molecule has 0 saturated heterocycles. The van der Waals surface area contributed by atoms with Gasteiger partial charge in [-0.1, -0.05) is 151 Å². The van der Waals surface area contributed by atoms with Gasteiger partial charge in [0.25, 0.3) is 0 Å². The zero-order valence-corrected chi connectivity index (χ0v) is 21.0. The van der Waals surface area contributed by atoms with E-state index in [-0.39, 0.29) is 10.8 Å². The van der Waals surface area contributed by atoms with Gasteiger partial charge in [0.15, 0.2) is 0 Å². The Morgan fingerprint density at radius 2 is 0.636 bits per heavy atom. The van der Waals surface area contributed by atoms with Crippen LogP contribution < -0.4 is 21.9 Å². The summed E-state index contributed by atoms with van der Waals surface area (Å²) in [4.78, 5) is 0. The van der Waals surface area contributed by atoms with Crippen LogP contribution in [-0.4, -0.2) is 6.15 Å². The Kier molecular flexibility index (Phi) is 6.10. The van der Waals surface area contributed by atoms with Gasteiger partial charge in [0, 0.05) is 0 Å². The van der Waals surface area contributed by atoms with E-state index in [9.17, 15) is 0 Å². The summed E-state index contributed by atoms with van der Waals surface area (Å²) in [5.74, 6) is 0. The summed E-state index contributed by atoms with van der Waals surface area (Å²) in [6, 6.07) is 40.8. The summed E-state index contributed by atoms with van der Waals surface area (Å²) in [5, 5.41) is 0. The Morgan fingerprint density at radius 1 is 0.364 bits per heavy atom. The Hall–Kier alpha value is -3.06. The van der Waals surface area contributed by atoms with Gasteiger partial charge in [0.2, 0.25) is 0 Å². The van der Waals surface area contributed by atoms with E-state index in [2.05, 4.69) is 151 Å². The molecule has 0 aromatic heterocycles. The summed E-state index contributed by atoms with van der Waals surface area (Å²) in [7, 11) is 0. The number of benzene rings is 4. The average Bonchev–Trinajstić information content (AvgIpc) is 2.81. The Labute approximate surface area is 200 Å². The molecule has 0 radical (unpaired) electrons. The van der Waals surface area contributed by atoms with Crippen LogP contribution in [0.25, 0.3) is 0 Å². The van der Waals surface area contributed by atoms with Gasteiger partial charge >= 0.3 is 0 Å². The van der Waals surface area contributed by atoms with E-state index >= 15 is 0 Å². The third-order valence-corrected chi connectivity index (χ3v) is 7.15. The van der Waals surface area contributed by atoms with Gasteiger partial charge in [-0.15, -0.1) is 0 Å². The smallest absolute Gasteiger partial charge is 0.108 e. The standard InChI is InChI=1S/C32H36B/c1-31(2,3)25-17-21-29(22-18-25)33(27-13-9-7-10-14-27,28-15-11-8-12-16-28)30-23-19-26(20-24-30)32(4,5)6/h7-24H,1-6H3/q-1. The fourth-order valence-electron chi connectivity index (χ4n) is 5.18. The maximum absolute atomic E-state index is 2.36. The van der Waals surface area contributed by atoms with Gasteiger partial charge in [-0.2, -0.15) is 21.9 Å². The van der Waals surface area contributed by atoms with Crippen molar-refractivity contribution in [2.24, 2.45) is 0 Å². The summed E-state index contributed by atoms with van der Waals surface area (Å²) in [6.45, 7) is 13.7. The molecular weight excluding hydrogens is 395 g/mol. The van der Waals surface area contributed by atoms with E-state index in [1.807, 2.05) is 0 Å². The topological polar surface area (TPSA) is 0 Å². The fourth-order valence-corrected chi connectivity index (χ4v) is 5.18. The second-order valence-corrected chi connectivity index (χ2v) is 11.4. The van der Waals surface area contributed by atoms with Crippen LogP contribution in [0.1, 0.15) is 52.7 Å². The third kappa shape index (κ3) is 4.42. The highest BCUT2D eigenvalue weighted by atomic mass is 14.2. The van der Waals surface area contributed by atoms with Crippen LogP contribution >= 0.6 is 0 Å². The Bertz CT molecular complexity index is 1080. The van der Waals surface area contributed by atoms with E-state index < -0.39 is 6.15 Å². The predicted molar refractivity (Wildman–Crippen MR) is 147 cm³/mol. The molecule has 0 aliphatic heterocycles. The molecule has 0 heterocycles. The summed E-state index contributed by atoms with van der Waals surface area (Å²) >= 11 is 0. The van der Waals surface area contributed by atoms with E-state index in [0.717, 1.165) is 0 Å². The largest absolute Gasteiger partial charge is 0.195 e. The normalized spacial score (nSPS) is 12.5. The fraction of sp³-hybridized carbons (Fsp3) is 0.250. The SMILES string of the molecule is CC(C)(C)c1ccc([B-](c2ccccc2)(c2ccccc2)c2ccc(C(C)(C)C)cc2)cc1. The molecule has 0 aliphatic rings. The van der Waals surface area contributed by atoms with Crippen molar-refractivity contribution in [3.63, 3.8) is 0 Å². The minimum Gasteiger partial charge on any atom is -0.195 e. The first kappa shape index (κ1) is 23.1. The molecule has 0 atom stereocenters. The number of hydrogen-bond donors (Lipinski definition) is 0. The van der Waals surface area contributed by atoms with Gasteiger partial charge in [-0.3, -0.25) is 0 Å². The molecule has 168 valence electrons. The average molecular weight is 431 g/mol. The second-order valence-electron chi connectivity index (χ2n) is 11.4. The van der Waals surface area contributed by atoms with Crippen LogP contribution in [-0.2, 0) is 10.8 Å². The minimum atomic E-state index is -1.33. The Morgan fingerprint density at radius 3 is 0.909 bits per heavy atom. The highest BCUT2D eigenvalue weighted by molar-refractivity contribution is 7.19. The summed E-state index contributed by atoms with van der Waals surface area (Å²) in [6.07, 6.45) is -1.33. The number of rotatable bonds is 4. The van der Waals surface area contributed by atoms with Crippen LogP contribution in [0.2, 0.25) is 0 Å². The third-order valence-electron chi connectivity index (χ3n) is 7.15. The zero-order valence-electron chi connectivity index (χ0n) is 21.0. The number of hydrogen-bond acceptors (Lipinski definition) is 0. The van der Waals surface area contributed by atoms with Crippen molar-refractivity contribution < 1.29 is 0 Å². The van der Waals surface area contributed by atoms with Crippen molar-refractivity contribution >= 4 is 28.0 Å². The Balaban J connectivity index is 2.04. The molecule has 4 aromatic carbocycles. The van der Waals surface area contributed by atoms with Gasteiger partial charge in [0.1, 0.15) is 6.15 Å². The molecule has 0 bridgehead atoms. The van der Waals surface area contributed by atoms with Crippen molar-refractivity contribution in [3.05, 3.63) is 120 Å². The lowest BCUT2D eigenvalue weighted by molar-refractivity contribution is 0.590. The summed E-state index contributed by atoms with van der Waals surface area (Å²) < 4.78 is 0. The lowest BCUT2D eigenvalue weighted by Gasteiger charge is -2.44. The first-order valence-electron chi connectivity index (χ1n) is 12.1. The molecule has 4 rings (SSSR count). The molecule has 0 fully saturated rings. The van der Waals surface area contributed by atoms with Crippen molar-refractivity contribution in [2.45, 2.75) is 52.4 Å². The van der Waals surface area contributed by atoms with E-state index in [4.69, 9.17) is 0 Å². The van der Waals surface area contributed by atoms with Crippen LogP contribution in [0.3, 0.4) is 0 Å². The first-order chi connectivity index (χ1) is 15.6. The molecule has 1 heteroatoms. The molecular formula is C32H36B-. The van der Waals surface area contributed by atoms with Gasteiger partial charge in [-0.25, -0.2) is 0 Å². The molecule has 0 N–H and O–H groups in total. The quantitative estimate of drug-likeness (QED) is 0.366. The van der Waals surface area contributed by atoms with Crippen molar-refractivity contribution in [2.75, 3.05) is 0 Å². The monoisotopic (exact) mass is 431 g/mol. The maximum Gasteiger partial charge on any atom is 0.108 e. The van der Waals surface area contributed by atoms with Crippen molar-refractivity contribution in [1.82, 2.24) is 0 Å². The molecule has 0 aliphatic carbocycles. The molecule has 0 spiro atoms. The zero-order chi connectivity index (χ0) is 23.7. The first-order valence-corrected chi connectivity index (χ1v) is 12.1. The van der Waals surface area contributed by atoms with Crippen molar-refractivity contribution in [3.8, 4) is 0 Å². The lowest BCUT2D eigenvalue weighted by Crippen LogP contribution is -2.74. The lowest BCUT2D eigenvalue weighted by atomic mass is 9.13. The van der Waals surface area contributed by atoms with Crippen LogP contribution in [0.15, 0.2) is 109 Å². The predicted octanol–water partition coefficient (Wildman–Crippen LogP) is 5.66. The van der Waals surface area contributed by atoms with Gasteiger partial charge < -0.3 is 0 Å². The van der Waals surface area contributed by atoms with Crippen LogP contribution in [0.5, 0.6) is 0 Å². The second kappa shape index (κ2) is 8.71.